The maximum Gasteiger partial charge on any atom is 1.00 e. The van der Waals surface area contributed by atoms with Gasteiger partial charge in [-0.05, 0) is 6.92 Å². The molecule has 0 aromatic rings. The van der Waals surface area contributed by atoms with Gasteiger partial charge in [-0.3, -0.25) is 0 Å². The zero-order chi connectivity index (χ0) is 9.50. The minimum Gasteiger partial charge on any atom is -0.776 e. The quantitative estimate of drug-likeness (QED) is 0.337. The van der Waals surface area contributed by atoms with Crippen LogP contribution in [0.3, 0.4) is 0 Å². The molecule has 0 saturated carbocycles. The van der Waals surface area contributed by atoms with E-state index < -0.39 is 20.3 Å². The van der Waals surface area contributed by atoms with Crippen LogP contribution in [0.1, 0.15) is 6.92 Å². The molecule has 0 aliphatic carbocycles. The fourth-order valence-electron chi connectivity index (χ4n) is 0.160. The van der Waals surface area contributed by atoms with Gasteiger partial charge in [0.1, 0.15) is 0 Å². The van der Waals surface area contributed by atoms with Crippen molar-refractivity contribution in [2.45, 2.75) is 12.0 Å². The van der Waals surface area contributed by atoms with Gasteiger partial charge in [0.15, 0.2) is 20.3 Å². The first-order chi connectivity index (χ1) is 4.50. The van der Waals surface area contributed by atoms with Gasteiger partial charge in [-0.25, -0.2) is 0 Å². The Morgan fingerprint density at radius 3 is 1.23 bits per heavy atom. The summed E-state index contributed by atoms with van der Waals surface area (Å²) < 4.78 is 20.2. The Labute approximate surface area is 160 Å². The van der Waals surface area contributed by atoms with E-state index in [2.05, 4.69) is 0 Å². The molecule has 0 bridgehead atoms. The molecule has 11 heteroatoms. The van der Waals surface area contributed by atoms with Gasteiger partial charge in [0.25, 0.3) is 0 Å². The molecular formula is C2H6K2O7P2. The van der Waals surface area contributed by atoms with Crippen molar-refractivity contribution >= 4 is 15.2 Å². The number of aliphatic hydroxyl groups is 1. The zero-order valence-electron chi connectivity index (χ0n) is 7.37. The van der Waals surface area contributed by atoms with Gasteiger partial charge >= 0.3 is 103 Å². The number of rotatable bonds is 2. The van der Waals surface area contributed by atoms with Crippen LogP contribution in [-0.2, 0) is 9.13 Å². The van der Waals surface area contributed by atoms with Crippen LogP contribution < -0.4 is 113 Å². The molecular weight excluding hydrogens is 276 g/mol. The van der Waals surface area contributed by atoms with Gasteiger partial charge in [0, 0.05) is 0 Å². The molecule has 0 aliphatic rings. The van der Waals surface area contributed by atoms with Crippen LogP contribution in [-0.4, -0.2) is 20.0 Å². The van der Waals surface area contributed by atoms with E-state index in [0.717, 1.165) is 0 Å². The van der Waals surface area contributed by atoms with E-state index in [1.54, 1.807) is 0 Å². The molecule has 0 rings (SSSR count). The first-order valence-electron chi connectivity index (χ1n) is 2.30. The van der Waals surface area contributed by atoms with Gasteiger partial charge in [-0.15, -0.1) is 0 Å². The average Bonchev–Trinajstić information content (AvgIpc) is 1.58. The van der Waals surface area contributed by atoms with Crippen molar-refractivity contribution in [3.05, 3.63) is 0 Å². The summed E-state index contributed by atoms with van der Waals surface area (Å²) in [7, 11) is -11.0. The second-order valence-electron chi connectivity index (χ2n) is 2.01. The summed E-state index contributed by atoms with van der Waals surface area (Å²) in [4.78, 5) is 36.4. The first kappa shape index (κ1) is 21.8. The summed E-state index contributed by atoms with van der Waals surface area (Å²) in [6.07, 6.45) is 0. The van der Waals surface area contributed by atoms with Gasteiger partial charge in [-0.2, -0.15) is 0 Å². The Bertz CT molecular complexity index is 215. The molecule has 0 heterocycles. The van der Waals surface area contributed by atoms with Crippen LogP contribution in [0.15, 0.2) is 0 Å². The molecule has 0 fully saturated rings. The summed E-state index contributed by atoms with van der Waals surface area (Å²) in [6, 6.07) is 0. The molecule has 0 aliphatic heterocycles. The van der Waals surface area contributed by atoms with Crippen molar-refractivity contribution in [2.24, 2.45) is 0 Å². The van der Waals surface area contributed by atoms with Crippen LogP contribution >= 0.6 is 15.2 Å². The third-order valence-electron chi connectivity index (χ3n) is 1.07. The Balaban J connectivity index is -0.000000500. The fraction of sp³-hybridized carbons (Fsp3) is 1.00. The molecule has 68 valence electrons. The van der Waals surface area contributed by atoms with E-state index >= 15 is 0 Å². The summed E-state index contributed by atoms with van der Waals surface area (Å²) in [6.45, 7) is 0.258. The minimum absolute atomic E-state index is 0. The maximum absolute atomic E-state index is 10.1. The van der Waals surface area contributed by atoms with Crippen LogP contribution in [0.4, 0.5) is 0 Å². The van der Waals surface area contributed by atoms with Gasteiger partial charge in [-0.1, -0.05) is 0 Å². The molecule has 0 amide bonds. The maximum atomic E-state index is 10.1. The predicted molar refractivity (Wildman–Crippen MR) is 30.3 cm³/mol. The van der Waals surface area contributed by atoms with E-state index in [9.17, 15) is 18.9 Å². The third kappa shape index (κ3) is 6.14. The number of hydrogen-bond donors (Lipinski definition) is 3. The molecule has 2 atom stereocenters. The molecule has 0 aromatic carbocycles. The Hall–Kier alpha value is 3.53. The minimum atomic E-state index is -5.51. The van der Waals surface area contributed by atoms with E-state index in [1.165, 1.54) is 0 Å². The molecule has 2 unspecified atom stereocenters. The van der Waals surface area contributed by atoms with Crippen molar-refractivity contribution < 1.29 is 137 Å². The van der Waals surface area contributed by atoms with Crippen molar-refractivity contribution in [2.75, 3.05) is 0 Å². The normalized spacial score (nSPS) is 23.8. The second-order valence-corrected chi connectivity index (χ2v) is 6.19. The molecule has 0 radical (unpaired) electrons. The fourth-order valence-corrected chi connectivity index (χ4v) is 1.44. The van der Waals surface area contributed by atoms with Crippen LogP contribution in [0, 0.1) is 0 Å². The average molecular weight is 282 g/mol. The molecule has 3 N–H and O–H groups in total. The smallest absolute Gasteiger partial charge is 0.776 e. The van der Waals surface area contributed by atoms with Crippen molar-refractivity contribution in [1.82, 2.24) is 0 Å². The number of hydrogen-bond acceptors (Lipinski definition) is 5. The summed E-state index contributed by atoms with van der Waals surface area (Å²) >= 11 is 0. The van der Waals surface area contributed by atoms with Crippen molar-refractivity contribution in [3.8, 4) is 0 Å². The van der Waals surface area contributed by atoms with E-state index in [4.69, 9.17) is 14.9 Å². The standard InChI is InChI=1S/C2H8O7P2.2K/c1-2(3,10(4,5)6)11(7,8)9;;/h3H,1H3,(H2,4,5,6)(H2,7,8,9);;/q;2*+1/p-2. The topological polar surface area (TPSA) is 141 Å². The molecule has 7 nitrogen and oxygen atoms in total. The molecule has 0 spiro atoms. The van der Waals surface area contributed by atoms with Crippen LogP contribution in [0.25, 0.3) is 0 Å². The predicted octanol–water partition coefficient (Wildman–Crippen LogP) is -8.25. The first-order valence-corrected chi connectivity index (χ1v) is 5.46. The van der Waals surface area contributed by atoms with Crippen LogP contribution in [0.5, 0.6) is 0 Å². The van der Waals surface area contributed by atoms with E-state index in [-0.39, 0.29) is 110 Å². The van der Waals surface area contributed by atoms with E-state index in [1.807, 2.05) is 0 Å². The molecule has 13 heavy (non-hydrogen) atoms. The van der Waals surface area contributed by atoms with Gasteiger partial charge in [0.2, 0.25) is 0 Å². The third-order valence-corrected chi connectivity index (χ3v) is 4.73. The van der Waals surface area contributed by atoms with Gasteiger partial charge in [0.05, 0.1) is 0 Å². The van der Waals surface area contributed by atoms with Gasteiger partial charge < -0.3 is 33.8 Å². The zero-order valence-corrected chi connectivity index (χ0v) is 15.4. The summed E-state index contributed by atoms with van der Waals surface area (Å²) in [5, 5.41) is 5.02. The second kappa shape index (κ2) is 7.08. The van der Waals surface area contributed by atoms with E-state index in [0.29, 0.717) is 0 Å². The summed E-state index contributed by atoms with van der Waals surface area (Å²) in [5.41, 5.74) is 0. The van der Waals surface area contributed by atoms with Crippen molar-refractivity contribution in [1.29, 1.82) is 0 Å². The monoisotopic (exact) mass is 282 g/mol. The van der Waals surface area contributed by atoms with Crippen molar-refractivity contribution in [3.63, 3.8) is 0 Å². The van der Waals surface area contributed by atoms with Crippen LogP contribution in [0.2, 0.25) is 0 Å². The Morgan fingerprint density at radius 2 is 1.23 bits per heavy atom. The largest absolute Gasteiger partial charge is 1.00 e. The SMILES string of the molecule is CC(O)(P(=O)([O-])O)P(=O)([O-])O.[K+].[K+]. The molecule has 0 saturated heterocycles. The molecule has 0 aromatic heterocycles. The Kier molecular flexibility index (Phi) is 11.9. The Morgan fingerprint density at radius 1 is 1.08 bits per heavy atom. The summed E-state index contributed by atoms with van der Waals surface area (Å²) in [5.74, 6) is 0.